The van der Waals surface area contributed by atoms with E-state index < -0.39 is 5.54 Å². The Labute approximate surface area is 127 Å². The van der Waals surface area contributed by atoms with Gasteiger partial charge in [-0.3, -0.25) is 9.59 Å². The molecule has 2 amide bonds. The van der Waals surface area contributed by atoms with E-state index in [0.717, 1.165) is 19.3 Å². The van der Waals surface area contributed by atoms with E-state index in [1.807, 2.05) is 20.8 Å². The summed E-state index contributed by atoms with van der Waals surface area (Å²) in [5.41, 5.74) is -0.733. The lowest BCUT2D eigenvalue weighted by Gasteiger charge is -2.48. The van der Waals surface area contributed by atoms with Gasteiger partial charge in [0.25, 0.3) is 0 Å². The van der Waals surface area contributed by atoms with Crippen LogP contribution in [-0.2, 0) is 14.3 Å². The molecule has 4 unspecified atom stereocenters. The summed E-state index contributed by atoms with van der Waals surface area (Å²) in [6, 6.07) is -0.481. The first kappa shape index (κ1) is 16.3. The molecule has 1 heterocycles. The summed E-state index contributed by atoms with van der Waals surface area (Å²) < 4.78 is 5.22. The van der Waals surface area contributed by atoms with E-state index in [1.165, 1.54) is 0 Å². The van der Waals surface area contributed by atoms with Crippen LogP contribution in [0.3, 0.4) is 0 Å². The minimum absolute atomic E-state index is 0.0127. The predicted molar refractivity (Wildman–Crippen MR) is 80.7 cm³/mol. The second-order valence-electron chi connectivity index (χ2n) is 6.81. The minimum atomic E-state index is -0.733. The van der Waals surface area contributed by atoms with E-state index in [9.17, 15) is 9.59 Å². The highest BCUT2D eigenvalue weighted by molar-refractivity contribution is 6.00. The largest absolute Gasteiger partial charge is 0.383 e. The number of piperazine rings is 1. The summed E-state index contributed by atoms with van der Waals surface area (Å²) in [6.45, 7) is 8.37. The molecule has 0 radical (unpaired) electrons. The van der Waals surface area contributed by atoms with E-state index >= 15 is 0 Å². The maximum Gasteiger partial charge on any atom is 0.249 e. The summed E-state index contributed by atoms with van der Waals surface area (Å²) in [5, 5.41) is 3.03. The molecule has 2 aliphatic rings. The van der Waals surface area contributed by atoms with Crippen LogP contribution in [0.25, 0.3) is 0 Å². The molecular formula is C16H28N2O3. The van der Waals surface area contributed by atoms with Gasteiger partial charge < -0.3 is 15.0 Å². The Balaban J connectivity index is 2.34. The van der Waals surface area contributed by atoms with Crippen LogP contribution in [0.4, 0.5) is 0 Å². The number of hydrogen-bond donors (Lipinski definition) is 1. The van der Waals surface area contributed by atoms with E-state index in [2.05, 4.69) is 12.2 Å². The molecule has 0 aromatic carbocycles. The molecule has 1 aliphatic carbocycles. The molecule has 0 bridgehead atoms. The SMILES string of the molecule is CCC(C)C1C(=O)NC(C)(C2CC2)C(=O)N1C(C)COC. The first-order chi connectivity index (χ1) is 9.86. The fourth-order valence-corrected chi connectivity index (χ4v) is 3.39. The van der Waals surface area contributed by atoms with Gasteiger partial charge in [-0.15, -0.1) is 0 Å². The molecule has 1 saturated carbocycles. The summed E-state index contributed by atoms with van der Waals surface area (Å²) in [5.74, 6) is 0.460. The number of amides is 2. The Morgan fingerprint density at radius 3 is 2.48 bits per heavy atom. The highest BCUT2D eigenvalue weighted by Gasteiger charge is 2.56. The van der Waals surface area contributed by atoms with Crippen LogP contribution in [0.5, 0.6) is 0 Å². The summed E-state index contributed by atoms with van der Waals surface area (Å²) >= 11 is 0. The zero-order chi connectivity index (χ0) is 15.8. The highest BCUT2D eigenvalue weighted by atomic mass is 16.5. The van der Waals surface area contributed by atoms with Crippen LogP contribution in [0, 0.1) is 11.8 Å². The topological polar surface area (TPSA) is 58.6 Å². The third kappa shape index (κ3) is 2.80. The molecule has 1 N–H and O–H groups in total. The van der Waals surface area contributed by atoms with Gasteiger partial charge in [0.15, 0.2) is 0 Å². The smallest absolute Gasteiger partial charge is 0.249 e. The Bertz CT molecular complexity index is 422. The maximum atomic E-state index is 13.1. The normalized spacial score (nSPS) is 32.8. The maximum absolute atomic E-state index is 13.1. The van der Waals surface area contributed by atoms with Crippen molar-refractivity contribution in [2.24, 2.45) is 11.8 Å². The first-order valence-corrected chi connectivity index (χ1v) is 8.00. The first-order valence-electron chi connectivity index (χ1n) is 8.00. The monoisotopic (exact) mass is 296 g/mol. The van der Waals surface area contributed by atoms with E-state index in [4.69, 9.17) is 4.74 Å². The number of hydrogen-bond acceptors (Lipinski definition) is 3. The Hall–Kier alpha value is -1.10. The van der Waals surface area contributed by atoms with Gasteiger partial charge in [-0.1, -0.05) is 20.3 Å². The number of carbonyl (C=O) groups excluding carboxylic acids is 2. The molecule has 120 valence electrons. The lowest BCUT2D eigenvalue weighted by molar-refractivity contribution is -0.161. The van der Waals surface area contributed by atoms with Crippen LogP contribution < -0.4 is 5.32 Å². The van der Waals surface area contributed by atoms with Crippen molar-refractivity contribution in [2.75, 3.05) is 13.7 Å². The molecule has 4 atom stereocenters. The molecule has 0 aromatic rings. The second kappa shape index (κ2) is 5.95. The van der Waals surface area contributed by atoms with Crippen molar-refractivity contribution in [3.63, 3.8) is 0 Å². The van der Waals surface area contributed by atoms with Gasteiger partial charge in [-0.25, -0.2) is 0 Å². The molecule has 5 heteroatoms. The number of nitrogens with zero attached hydrogens (tertiary/aromatic N) is 1. The van der Waals surface area contributed by atoms with Gasteiger partial charge in [0.05, 0.1) is 12.6 Å². The van der Waals surface area contributed by atoms with Crippen LogP contribution in [0.2, 0.25) is 0 Å². The molecular weight excluding hydrogens is 268 g/mol. The lowest BCUT2D eigenvalue weighted by Crippen LogP contribution is -2.73. The predicted octanol–water partition coefficient (Wildman–Crippen LogP) is 1.56. The van der Waals surface area contributed by atoms with Crippen molar-refractivity contribution in [3.05, 3.63) is 0 Å². The fraction of sp³-hybridized carbons (Fsp3) is 0.875. The summed E-state index contributed by atoms with van der Waals surface area (Å²) in [4.78, 5) is 27.5. The van der Waals surface area contributed by atoms with Gasteiger partial charge in [-0.05, 0) is 38.5 Å². The van der Waals surface area contributed by atoms with Gasteiger partial charge >= 0.3 is 0 Å². The van der Waals surface area contributed by atoms with Crippen LogP contribution in [0.1, 0.15) is 47.0 Å². The van der Waals surface area contributed by atoms with Crippen molar-refractivity contribution in [1.82, 2.24) is 10.2 Å². The van der Waals surface area contributed by atoms with E-state index in [-0.39, 0.29) is 35.7 Å². The van der Waals surface area contributed by atoms with Gasteiger partial charge in [-0.2, -0.15) is 0 Å². The highest BCUT2D eigenvalue weighted by Crippen LogP contribution is 2.43. The Morgan fingerprint density at radius 1 is 1.38 bits per heavy atom. The number of carbonyl (C=O) groups is 2. The van der Waals surface area contributed by atoms with Crippen molar-refractivity contribution in [2.45, 2.75) is 64.6 Å². The van der Waals surface area contributed by atoms with Crippen molar-refractivity contribution < 1.29 is 14.3 Å². The van der Waals surface area contributed by atoms with Crippen LogP contribution in [0.15, 0.2) is 0 Å². The molecule has 0 aromatic heterocycles. The summed E-state index contributed by atoms with van der Waals surface area (Å²) in [6.07, 6.45) is 2.90. The van der Waals surface area contributed by atoms with Crippen LogP contribution in [-0.4, -0.2) is 48.1 Å². The fourth-order valence-electron chi connectivity index (χ4n) is 3.39. The molecule has 0 spiro atoms. The Morgan fingerprint density at radius 2 is 2.00 bits per heavy atom. The Kier molecular flexibility index (Phi) is 4.61. The van der Waals surface area contributed by atoms with Crippen molar-refractivity contribution in [3.8, 4) is 0 Å². The van der Waals surface area contributed by atoms with Gasteiger partial charge in [0, 0.05) is 7.11 Å². The van der Waals surface area contributed by atoms with Crippen molar-refractivity contribution >= 4 is 11.8 Å². The molecule has 1 saturated heterocycles. The molecule has 21 heavy (non-hydrogen) atoms. The molecule has 1 aliphatic heterocycles. The molecule has 5 nitrogen and oxygen atoms in total. The third-order valence-electron chi connectivity index (χ3n) is 5.09. The lowest BCUT2D eigenvalue weighted by atomic mass is 9.84. The van der Waals surface area contributed by atoms with Gasteiger partial charge in [0.2, 0.25) is 11.8 Å². The number of nitrogens with one attached hydrogen (secondary N) is 1. The minimum Gasteiger partial charge on any atom is -0.383 e. The van der Waals surface area contributed by atoms with Gasteiger partial charge in [0.1, 0.15) is 11.6 Å². The number of rotatable bonds is 6. The van der Waals surface area contributed by atoms with E-state index in [1.54, 1.807) is 12.0 Å². The zero-order valence-electron chi connectivity index (χ0n) is 13.8. The van der Waals surface area contributed by atoms with Crippen LogP contribution >= 0.6 is 0 Å². The standard InChI is InChI=1S/C16H28N2O3/c1-6-10(2)13-14(19)17-16(4,12-7-8-12)15(20)18(13)11(3)9-21-5/h10-13H,6-9H2,1-5H3,(H,17,19). The average Bonchev–Trinajstić information content (AvgIpc) is 3.26. The summed E-state index contributed by atoms with van der Waals surface area (Å²) in [7, 11) is 1.63. The van der Waals surface area contributed by atoms with E-state index in [0.29, 0.717) is 6.61 Å². The quantitative estimate of drug-likeness (QED) is 0.809. The molecule has 2 fully saturated rings. The molecule has 2 rings (SSSR count). The van der Waals surface area contributed by atoms with Crippen molar-refractivity contribution in [1.29, 1.82) is 0 Å². The number of ether oxygens (including phenoxy) is 1. The third-order valence-corrected chi connectivity index (χ3v) is 5.09. The average molecular weight is 296 g/mol. The zero-order valence-corrected chi connectivity index (χ0v) is 13.8. The second-order valence-corrected chi connectivity index (χ2v) is 6.81. The number of methoxy groups -OCH3 is 1.